The van der Waals surface area contributed by atoms with Crippen LogP contribution in [0.15, 0.2) is 0 Å². The fraction of sp³-hybridized carbons (Fsp3) is 0.800. The van der Waals surface area contributed by atoms with Crippen LogP contribution in [0.25, 0.3) is 0 Å². The minimum atomic E-state index is -4.33. The minimum absolute atomic E-state index is 0.142. The van der Waals surface area contributed by atoms with Crippen LogP contribution < -0.4 is 0 Å². The Bertz CT molecular complexity index is 274. The lowest BCUT2D eigenvalue weighted by Crippen LogP contribution is -2.20. The van der Waals surface area contributed by atoms with E-state index in [1.54, 1.807) is 12.1 Å². The number of nitriles is 2. The van der Waals surface area contributed by atoms with Gasteiger partial charge in [-0.3, -0.25) is 0 Å². The maximum atomic E-state index is 12.0. The summed E-state index contributed by atoms with van der Waals surface area (Å²) in [6.07, 6.45) is -4.67. The van der Waals surface area contributed by atoms with Crippen molar-refractivity contribution in [2.45, 2.75) is 38.3 Å². The van der Waals surface area contributed by atoms with Gasteiger partial charge in [-0.15, -0.1) is 11.6 Å². The van der Waals surface area contributed by atoms with Crippen LogP contribution in [-0.2, 0) is 0 Å². The van der Waals surface area contributed by atoms with Crippen molar-refractivity contribution >= 4 is 11.6 Å². The molecular weight excluding hydrogens is 241 g/mol. The smallest absolute Gasteiger partial charge is 0.197 e. The van der Waals surface area contributed by atoms with Gasteiger partial charge in [0.25, 0.3) is 0 Å². The van der Waals surface area contributed by atoms with E-state index in [-0.39, 0.29) is 6.42 Å². The van der Waals surface area contributed by atoms with Crippen LogP contribution in [0.3, 0.4) is 0 Å². The molecule has 0 saturated heterocycles. The summed E-state index contributed by atoms with van der Waals surface area (Å²) in [7, 11) is 0. The molecule has 0 radical (unpaired) electrons. The van der Waals surface area contributed by atoms with Gasteiger partial charge in [0.15, 0.2) is 0 Å². The van der Waals surface area contributed by atoms with Gasteiger partial charge in [-0.05, 0) is 25.7 Å². The minimum Gasteiger partial charge on any atom is -0.197 e. The van der Waals surface area contributed by atoms with Gasteiger partial charge >= 0.3 is 6.18 Å². The van der Waals surface area contributed by atoms with E-state index in [4.69, 9.17) is 22.1 Å². The summed E-state index contributed by atoms with van der Waals surface area (Å²) < 4.78 is 36.0. The van der Waals surface area contributed by atoms with Crippen LogP contribution in [-0.4, -0.2) is 12.1 Å². The number of nitrogens with zero attached hydrogens (tertiary/aromatic N) is 2. The zero-order valence-corrected chi connectivity index (χ0v) is 9.40. The van der Waals surface area contributed by atoms with Gasteiger partial charge in [-0.2, -0.15) is 23.7 Å². The van der Waals surface area contributed by atoms with Crippen molar-refractivity contribution in [2.75, 3.05) is 5.88 Å². The molecule has 6 heteroatoms. The second-order valence-corrected chi connectivity index (χ2v) is 3.94. The Morgan fingerprint density at radius 1 is 0.938 bits per heavy atom. The number of rotatable bonds is 6. The lowest BCUT2D eigenvalue weighted by molar-refractivity contribution is -0.138. The summed E-state index contributed by atoms with van der Waals surface area (Å²) in [6, 6.07) is 3.39. The van der Waals surface area contributed by atoms with Crippen molar-refractivity contribution in [1.82, 2.24) is 0 Å². The van der Waals surface area contributed by atoms with E-state index in [9.17, 15) is 13.2 Å². The van der Waals surface area contributed by atoms with E-state index in [0.717, 1.165) is 0 Å². The lowest BCUT2D eigenvalue weighted by Gasteiger charge is -2.18. The van der Waals surface area contributed by atoms with E-state index in [1.165, 1.54) is 0 Å². The zero-order chi connectivity index (χ0) is 12.7. The molecule has 0 aliphatic rings. The summed E-state index contributed by atoms with van der Waals surface area (Å²) in [5.74, 6) is 0.381. The molecule has 0 unspecified atom stereocenters. The first kappa shape index (κ1) is 15.1. The fourth-order valence-corrected chi connectivity index (χ4v) is 1.44. The average molecular weight is 253 g/mol. The summed E-state index contributed by atoms with van der Waals surface area (Å²) >= 11 is 5.42. The predicted octanol–water partition coefficient (Wildman–Crippen LogP) is 3.77. The van der Waals surface area contributed by atoms with Crippen molar-refractivity contribution in [3.63, 3.8) is 0 Å². The SMILES string of the molecule is N#CC(C#N)(CCCCCl)CCC(F)(F)F. The molecule has 0 atom stereocenters. The maximum Gasteiger partial charge on any atom is 0.389 e. The van der Waals surface area contributed by atoms with Crippen molar-refractivity contribution in [1.29, 1.82) is 10.5 Å². The summed E-state index contributed by atoms with van der Waals surface area (Å²) in [6.45, 7) is 0. The average Bonchev–Trinajstić information content (AvgIpc) is 2.23. The van der Waals surface area contributed by atoms with Gasteiger partial charge in [-0.25, -0.2) is 0 Å². The number of hydrogen-bond donors (Lipinski definition) is 0. The van der Waals surface area contributed by atoms with Crippen LogP contribution in [0.1, 0.15) is 32.1 Å². The van der Waals surface area contributed by atoms with Gasteiger partial charge in [0, 0.05) is 12.3 Å². The Balaban J connectivity index is 4.36. The van der Waals surface area contributed by atoms with Gasteiger partial charge in [0.05, 0.1) is 12.1 Å². The highest BCUT2D eigenvalue weighted by atomic mass is 35.5. The normalized spacial score (nSPS) is 11.9. The Labute approximate surface area is 97.6 Å². The Kier molecular flexibility index (Phi) is 6.21. The lowest BCUT2D eigenvalue weighted by atomic mass is 9.81. The van der Waals surface area contributed by atoms with Crippen LogP contribution in [0.4, 0.5) is 13.2 Å². The molecule has 0 aliphatic carbocycles. The highest BCUT2D eigenvalue weighted by Crippen LogP contribution is 2.34. The third kappa shape index (κ3) is 5.82. The van der Waals surface area contributed by atoms with E-state index in [2.05, 4.69) is 0 Å². The largest absolute Gasteiger partial charge is 0.389 e. The first-order chi connectivity index (χ1) is 7.39. The number of alkyl halides is 4. The molecule has 0 spiro atoms. The fourth-order valence-electron chi connectivity index (χ4n) is 1.25. The number of halogens is 4. The van der Waals surface area contributed by atoms with E-state index in [0.29, 0.717) is 18.7 Å². The van der Waals surface area contributed by atoms with Crippen molar-refractivity contribution in [3.8, 4) is 12.1 Å². The van der Waals surface area contributed by atoms with Crippen molar-refractivity contribution in [3.05, 3.63) is 0 Å². The van der Waals surface area contributed by atoms with Gasteiger partial charge in [0.2, 0.25) is 0 Å². The molecule has 0 rings (SSSR count). The van der Waals surface area contributed by atoms with E-state index in [1.807, 2.05) is 0 Å². The molecule has 0 aromatic carbocycles. The molecule has 2 nitrogen and oxygen atoms in total. The van der Waals surface area contributed by atoms with Crippen molar-refractivity contribution in [2.24, 2.45) is 5.41 Å². The third-order valence-corrected chi connectivity index (χ3v) is 2.52. The molecule has 0 aromatic heterocycles. The van der Waals surface area contributed by atoms with E-state index >= 15 is 0 Å². The molecule has 0 aromatic rings. The molecule has 16 heavy (non-hydrogen) atoms. The van der Waals surface area contributed by atoms with Gasteiger partial charge in [0.1, 0.15) is 5.41 Å². The van der Waals surface area contributed by atoms with Crippen LogP contribution >= 0.6 is 11.6 Å². The molecule has 0 amide bonds. The molecular formula is C10H12ClF3N2. The number of unbranched alkanes of at least 4 members (excludes halogenated alkanes) is 1. The predicted molar refractivity (Wildman–Crippen MR) is 53.5 cm³/mol. The second kappa shape index (κ2) is 6.60. The Morgan fingerprint density at radius 3 is 1.88 bits per heavy atom. The quantitative estimate of drug-likeness (QED) is 0.534. The van der Waals surface area contributed by atoms with Crippen LogP contribution in [0, 0.1) is 28.1 Å². The van der Waals surface area contributed by atoms with Gasteiger partial charge < -0.3 is 0 Å². The van der Waals surface area contributed by atoms with Crippen LogP contribution in [0.5, 0.6) is 0 Å². The Hall–Kier alpha value is -0.940. The third-order valence-electron chi connectivity index (χ3n) is 2.25. The van der Waals surface area contributed by atoms with E-state index < -0.39 is 24.4 Å². The first-order valence-corrected chi connectivity index (χ1v) is 5.38. The molecule has 0 aliphatic heterocycles. The monoisotopic (exact) mass is 252 g/mol. The van der Waals surface area contributed by atoms with Gasteiger partial charge in [-0.1, -0.05) is 0 Å². The highest BCUT2D eigenvalue weighted by molar-refractivity contribution is 6.17. The maximum absolute atomic E-state index is 12.0. The summed E-state index contributed by atoms with van der Waals surface area (Å²) in [5, 5.41) is 17.6. The van der Waals surface area contributed by atoms with Crippen LogP contribution in [0.2, 0.25) is 0 Å². The molecule has 0 fully saturated rings. The molecule has 0 saturated carbocycles. The zero-order valence-electron chi connectivity index (χ0n) is 8.65. The molecule has 0 bridgehead atoms. The molecule has 0 N–H and O–H groups in total. The topological polar surface area (TPSA) is 47.6 Å². The van der Waals surface area contributed by atoms with Crippen molar-refractivity contribution < 1.29 is 13.2 Å². The number of hydrogen-bond acceptors (Lipinski definition) is 2. The summed E-state index contributed by atoms with van der Waals surface area (Å²) in [5.41, 5.74) is -1.53. The summed E-state index contributed by atoms with van der Waals surface area (Å²) in [4.78, 5) is 0. The Morgan fingerprint density at radius 2 is 1.50 bits per heavy atom. The highest BCUT2D eigenvalue weighted by Gasteiger charge is 2.36. The first-order valence-electron chi connectivity index (χ1n) is 4.84. The molecule has 90 valence electrons. The standard InChI is InChI=1S/C10H12ClF3N2/c11-6-2-1-3-9(7-15,8-16)4-5-10(12,13)14/h1-6H2. The second-order valence-electron chi connectivity index (χ2n) is 3.57. The molecule has 0 heterocycles.